The van der Waals surface area contributed by atoms with Crippen molar-refractivity contribution in [3.05, 3.63) is 52.4 Å². The van der Waals surface area contributed by atoms with Crippen molar-refractivity contribution in [2.24, 2.45) is 5.16 Å². The van der Waals surface area contributed by atoms with E-state index in [1.807, 2.05) is 29.0 Å². The number of hydrogen-bond donors (Lipinski definition) is 0. The third kappa shape index (κ3) is 2.95. The van der Waals surface area contributed by atoms with Crippen molar-refractivity contribution in [3.63, 3.8) is 0 Å². The minimum atomic E-state index is -0.532. The predicted octanol–water partition coefficient (Wildman–Crippen LogP) is 1.90. The van der Waals surface area contributed by atoms with E-state index < -0.39 is 5.92 Å². The summed E-state index contributed by atoms with van der Waals surface area (Å²) in [6, 6.07) is 5.86. The van der Waals surface area contributed by atoms with E-state index >= 15 is 0 Å². The van der Waals surface area contributed by atoms with E-state index in [0.29, 0.717) is 13.0 Å². The maximum atomic E-state index is 13.0. The average Bonchev–Trinajstić information content (AvgIpc) is 3.16. The first-order valence-corrected chi connectivity index (χ1v) is 9.40. The Bertz CT molecular complexity index is 1020. The first-order chi connectivity index (χ1) is 13.3. The first kappa shape index (κ1) is 17.5. The molecule has 1 unspecified atom stereocenters. The molecule has 2 aromatic heterocycles. The van der Waals surface area contributed by atoms with Crippen LogP contribution in [0.2, 0.25) is 0 Å². The highest BCUT2D eigenvalue weighted by molar-refractivity contribution is 6.21. The molecule has 27 heavy (non-hydrogen) atoms. The quantitative estimate of drug-likeness (QED) is 0.446. The molecule has 6 nitrogen and oxygen atoms in total. The lowest BCUT2D eigenvalue weighted by atomic mass is 9.90. The number of ether oxygens (including phenoxy) is 1. The van der Waals surface area contributed by atoms with E-state index in [1.165, 1.54) is 0 Å². The highest BCUT2D eigenvalue weighted by atomic mass is 16.6. The summed E-state index contributed by atoms with van der Waals surface area (Å²) in [6.45, 7) is 2.57. The van der Waals surface area contributed by atoms with E-state index in [9.17, 15) is 4.79 Å². The second-order valence-corrected chi connectivity index (χ2v) is 6.75. The summed E-state index contributed by atoms with van der Waals surface area (Å²) < 4.78 is 7.63. The topological polar surface area (TPSA) is 65.7 Å². The second kappa shape index (κ2) is 7.39. The zero-order valence-corrected chi connectivity index (χ0v) is 15.6. The Labute approximate surface area is 157 Å². The number of hydrogen-bond acceptors (Lipinski definition) is 5. The molecule has 1 aliphatic heterocycles. The monoisotopic (exact) mass is 365 g/mol. The average molecular weight is 365 g/mol. The molecule has 2 aromatic rings. The van der Waals surface area contributed by atoms with Gasteiger partial charge in [-0.05, 0) is 29.8 Å². The zero-order chi connectivity index (χ0) is 18.8. The summed E-state index contributed by atoms with van der Waals surface area (Å²) in [4.78, 5) is 22.6. The zero-order valence-electron chi connectivity index (χ0n) is 15.6. The van der Waals surface area contributed by atoms with Crippen molar-refractivity contribution < 1.29 is 14.4 Å². The molecule has 0 spiro atoms. The molecule has 6 heteroatoms. The number of nitrogens with zero attached hydrogens (tertiary/aromatic N) is 3. The first-order valence-electron chi connectivity index (χ1n) is 9.40. The van der Waals surface area contributed by atoms with Gasteiger partial charge in [0.25, 0.3) is 0 Å². The fraction of sp³-hybridized carbons (Fsp3) is 0.381. The molecule has 2 aliphatic rings. The third-order valence-electron chi connectivity index (χ3n) is 5.06. The van der Waals surface area contributed by atoms with Crippen molar-refractivity contribution in [2.75, 3.05) is 13.7 Å². The minimum absolute atomic E-state index is 0.248. The molecule has 3 heterocycles. The van der Waals surface area contributed by atoms with Gasteiger partial charge in [-0.25, -0.2) is 0 Å². The molecule has 0 N–H and O–H groups in total. The molecular weight excluding hydrogens is 342 g/mol. The number of aromatic nitrogens is 2. The normalized spacial score (nSPS) is 18.5. The summed E-state index contributed by atoms with van der Waals surface area (Å²) in [6.07, 6.45) is 9.51. The molecule has 0 amide bonds. The van der Waals surface area contributed by atoms with Gasteiger partial charge in [0.15, 0.2) is 0 Å². The second-order valence-electron chi connectivity index (χ2n) is 6.75. The van der Waals surface area contributed by atoms with Gasteiger partial charge in [-0.2, -0.15) is 0 Å². The summed E-state index contributed by atoms with van der Waals surface area (Å²) in [5, 5.41) is 6.22. The van der Waals surface area contributed by atoms with Gasteiger partial charge in [0.1, 0.15) is 18.7 Å². The van der Waals surface area contributed by atoms with Crippen LogP contribution < -0.4 is 10.4 Å². The standard InChI is InChI=1S/C21H23N3O3/c1-3-4-5-13-27-21(25)18-16-7-6-12-24(16)20-15(23-26-2)9-8-14-10-11-22-19(18)17(14)20/h6-8,10-12,18H,3-5,9,13H2,1-2H3/b23-15+. The molecule has 4 rings (SSSR count). The Balaban J connectivity index is 1.85. The van der Waals surface area contributed by atoms with Gasteiger partial charge < -0.3 is 14.1 Å². The van der Waals surface area contributed by atoms with Crippen LogP contribution in [0.25, 0.3) is 11.8 Å². The fourth-order valence-corrected chi connectivity index (χ4v) is 3.85. The lowest BCUT2D eigenvalue weighted by molar-refractivity contribution is -0.144. The number of fused-ring (bicyclic) bond motifs is 2. The third-order valence-corrected chi connectivity index (χ3v) is 5.06. The summed E-state index contributed by atoms with van der Waals surface area (Å²) in [5.74, 6) is -0.780. The van der Waals surface area contributed by atoms with Gasteiger partial charge in [0, 0.05) is 29.7 Å². The van der Waals surface area contributed by atoms with Crippen LogP contribution in [0.15, 0.2) is 35.7 Å². The molecule has 0 bridgehead atoms. The van der Waals surface area contributed by atoms with Gasteiger partial charge in [0.05, 0.1) is 18.0 Å². The summed E-state index contributed by atoms with van der Waals surface area (Å²) in [7, 11) is 1.54. The Hall–Kier alpha value is -2.89. The van der Waals surface area contributed by atoms with E-state index in [-0.39, 0.29) is 5.97 Å². The highest BCUT2D eigenvalue weighted by Crippen LogP contribution is 2.30. The van der Waals surface area contributed by atoms with E-state index in [1.54, 1.807) is 13.3 Å². The molecule has 0 saturated carbocycles. The van der Waals surface area contributed by atoms with Crippen LogP contribution in [0, 0.1) is 0 Å². The molecule has 0 aromatic carbocycles. The van der Waals surface area contributed by atoms with Crippen LogP contribution in [0.3, 0.4) is 0 Å². The predicted molar refractivity (Wildman–Crippen MR) is 103 cm³/mol. The lowest BCUT2D eigenvalue weighted by Crippen LogP contribution is -2.45. The number of carbonyl (C=O) groups is 1. The molecule has 0 radical (unpaired) electrons. The van der Waals surface area contributed by atoms with Gasteiger partial charge in [0.2, 0.25) is 0 Å². The van der Waals surface area contributed by atoms with Gasteiger partial charge in [-0.3, -0.25) is 9.78 Å². The van der Waals surface area contributed by atoms with Crippen molar-refractivity contribution >= 4 is 23.5 Å². The van der Waals surface area contributed by atoms with Crippen molar-refractivity contribution in [1.29, 1.82) is 0 Å². The van der Waals surface area contributed by atoms with Gasteiger partial charge in [-0.1, -0.05) is 31.0 Å². The Morgan fingerprint density at radius 2 is 2.26 bits per heavy atom. The Morgan fingerprint density at radius 3 is 3.07 bits per heavy atom. The minimum Gasteiger partial charge on any atom is -0.465 e. The van der Waals surface area contributed by atoms with E-state index in [2.05, 4.69) is 23.1 Å². The smallest absolute Gasteiger partial charge is 0.321 e. The Morgan fingerprint density at radius 1 is 1.37 bits per heavy atom. The molecule has 0 fully saturated rings. The Kier molecular flexibility index (Phi) is 4.79. The number of carbonyl (C=O) groups excluding carboxylic acids is 1. The highest BCUT2D eigenvalue weighted by Gasteiger charge is 2.36. The van der Waals surface area contributed by atoms with Crippen LogP contribution in [0.5, 0.6) is 0 Å². The number of unbranched alkanes of at least 4 members (excludes halogenated alkanes) is 2. The summed E-state index contributed by atoms with van der Waals surface area (Å²) >= 11 is 0. The number of oxime groups is 1. The van der Waals surface area contributed by atoms with Crippen LogP contribution in [-0.4, -0.2) is 34.9 Å². The largest absolute Gasteiger partial charge is 0.465 e. The summed E-state index contributed by atoms with van der Waals surface area (Å²) in [5.41, 5.74) is 3.35. The van der Waals surface area contributed by atoms with E-state index in [4.69, 9.17) is 9.57 Å². The number of rotatable bonds is 6. The maximum Gasteiger partial charge on any atom is 0.321 e. The molecule has 140 valence electrons. The molecule has 1 aliphatic carbocycles. The van der Waals surface area contributed by atoms with Crippen molar-refractivity contribution in [3.8, 4) is 0 Å². The van der Waals surface area contributed by atoms with Gasteiger partial charge >= 0.3 is 5.97 Å². The van der Waals surface area contributed by atoms with Crippen molar-refractivity contribution in [2.45, 2.75) is 38.5 Å². The number of pyridine rings is 1. The SMILES string of the molecule is CCCCCOC(=O)C1c2nccc3c2=C(/C(=N/OC)CC=3)n2cccc21. The van der Waals surface area contributed by atoms with Crippen LogP contribution in [-0.2, 0) is 14.4 Å². The van der Waals surface area contributed by atoms with E-state index in [0.717, 1.165) is 52.5 Å². The maximum absolute atomic E-state index is 13.0. The number of esters is 1. The molecule has 1 atom stereocenters. The molecule has 0 saturated heterocycles. The van der Waals surface area contributed by atoms with Crippen molar-refractivity contribution in [1.82, 2.24) is 9.55 Å². The van der Waals surface area contributed by atoms with Crippen LogP contribution in [0.4, 0.5) is 0 Å². The lowest BCUT2D eigenvalue weighted by Gasteiger charge is -2.27. The van der Waals surface area contributed by atoms with Gasteiger partial charge in [-0.15, -0.1) is 0 Å². The van der Waals surface area contributed by atoms with Crippen LogP contribution in [0.1, 0.15) is 49.9 Å². The fourth-order valence-electron chi connectivity index (χ4n) is 3.85. The van der Waals surface area contributed by atoms with Crippen LogP contribution >= 0.6 is 0 Å². The molecular formula is C21H23N3O3.